The first-order valence-corrected chi connectivity index (χ1v) is 7.51. The SMILES string of the molecule is CCOC(CCn1ccnc1-c1cccs1)OCC. The molecule has 4 nitrogen and oxygen atoms in total. The van der Waals surface area contributed by atoms with Crippen LogP contribution in [-0.2, 0) is 16.0 Å². The molecule has 0 atom stereocenters. The first kappa shape index (κ1) is 14.2. The summed E-state index contributed by atoms with van der Waals surface area (Å²) in [5.41, 5.74) is 0. The van der Waals surface area contributed by atoms with Gasteiger partial charge in [0.2, 0.25) is 0 Å². The largest absolute Gasteiger partial charge is 0.353 e. The Labute approximate surface area is 118 Å². The van der Waals surface area contributed by atoms with Crippen LogP contribution in [0, 0.1) is 0 Å². The molecule has 0 fully saturated rings. The van der Waals surface area contributed by atoms with E-state index in [2.05, 4.69) is 21.0 Å². The summed E-state index contributed by atoms with van der Waals surface area (Å²) in [6.45, 7) is 6.16. The minimum absolute atomic E-state index is 0.131. The molecule has 19 heavy (non-hydrogen) atoms. The van der Waals surface area contributed by atoms with Crippen molar-refractivity contribution in [3.8, 4) is 10.7 Å². The quantitative estimate of drug-likeness (QED) is 0.695. The number of rotatable bonds is 8. The smallest absolute Gasteiger partial charge is 0.159 e. The van der Waals surface area contributed by atoms with Crippen molar-refractivity contribution in [2.24, 2.45) is 0 Å². The van der Waals surface area contributed by atoms with Crippen LogP contribution >= 0.6 is 11.3 Å². The lowest BCUT2D eigenvalue weighted by Gasteiger charge is -2.17. The predicted octanol–water partition coefficient (Wildman–Crippen LogP) is 3.40. The number of hydrogen-bond donors (Lipinski definition) is 0. The van der Waals surface area contributed by atoms with Gasteiger partial charge in [0.15, 0.2) is 6.29 Å². The number of thiophene rings is 1. The van der Waals surface area contributed by atoms with E-state index in [0.29, 0.717) is 13.2 Å². The maximum Gasteiger partial charge on any atom is 0.159 e. The van der Waals surface area contributed by atoms with Crippen LogP contribution in [0.5, 0.6) is 0 Å². The van der Waals surface area contributed by atoms with Crippen molar-refractivity contribution in [1.29, 1.82) is 0 Å². The first-order valence-electron chi connectivity index (χ1n) is 6.63. The molecule has 0 spiro atoms. The zero-order valence-electron chi connectivity index (χ0n) is 11.4. The molecule has 104 valence electrons. The van der Waals surface area contributed by atoms with E-state index < -0.39 is 0 Å². The van der Waals surface area contributed by atoms with E-state index in [1.165, 1.54) is 4.88 Å². The monoisotopic (exact) mass is 280 g/mol. The molecular formula is C14H20N2O2S. The summed E-state index contributed by atoms with van der Waals surface area (Å²) in [5.74, 6) is 1.02. The third-order valence-corrected chi connectivity index (χ3v) is 3.63. The van der Waals surface area contributed by atoms with Gasteiger partial charge in [-0.25, -0.2) is 4.98 Å². The highest BCUT2D eigenvalue weighted by molar-refractivity contribution is 7.13. The van der Waals surface area contributed by atoms with Crippen molar-refractivity contribution >= 4 is 11.3 Å². The summed E-state index contributed by atoms with van der Waals surface area (Å²) >= 11 is 1.70. The molecule has 2 heterocycles. The normalized spacial score (nSPS) is 11.3. The number of nitrogens with zero attached hydrogens (tertiary/aromatic N) is 2. The van der Waals surface area contributed by atoms with Crippen LogP contribution in [0.3, 0.4) is 0 Å². The molecule has 2 aromatic rings. The van der Waals surface area contributed by atoms with E-state index in [1.54, 1.807) is 11.3 Å². The Morgan fingerprint density at radius 3 is 2.74 bits per heavy atom. The van der Waals surface area contributed by atoms with Crippen LogP contribution in [-0.4, -0.2) is 29.1 Å². The highest BCUT2D eigenvalue weighted by Crippen LogP contribution is 2.23. The molecule has 0 aliphatic rings. The fourth-order valence-corrected chi connectivity index (χ4v) is 2.69. The lowest BCUT2D eigenvalue weighted by Crippen LogP contribution is -2.19. The van der Waals surface area contributed by atoms with Gasteiger partial charge < -0.3 is 14.0 Å². The number of aromatic nitrogens is 2. The molecule has 5 heteroatoms. The zero-order chi connectivity index (χ0) is 13.5. The molecule has 2 rings (SSSR count). The molecular weight excluding hydrogens is 260 g/mol. The van der Waals surface area contributed by atoms with Crippen molar-refractivity contribution in [1.82, 2.24) is 9.55 Å². The highest BCUT2D eigenvalue weighted by Gasteiger charge is 2.11. The van der Waals surface area contributed by atoms with Crippen LogP contribution in [0.25, 0.3) is 10.7 Å². The van der Waals surface area contributed by atoms with Crippen LogP contribution in [0.1, 0.15) is 20.3 Å². The van der Waals surface area contributed by atoms with Gasteiger partial charge in [-0.2, -0.15) is 0 Å². The Bertz CT molecular complexity index is 462. The average molecular weight is 280 g/mol. The summed E-state index contributed by atoms with van der Waals surface area (Å²) in [4.78, 5) is 5.61. The van der Waals surface area contributed by atoms with E-state index >= 15 is 0 Å². The molecule has 0 radical (unpaired) electrons. The topological polar surface area (TPSA) is 36.3 Å². The first-order chi connectivity index (χ1) is 9.35. The van der Waals surface area contributed by atoms with Gasteiger partial charge in [0.25, 0.3) is 0 Å². The predicted molar refractivity (Wildman–Crippen MR) is 77.2 cm³/mol. The van der Waals surface area contributed by atoms with Crippen molar-refractivity contribution in [3.05, 3.63) is 29.9 Å². The maximum absolute atomic E-state index is 5.56. The minimum Gasteiger partial charge on any atom is -0.353 e. The fourth-order valence-electron chi connectivity index (χ4n) is 1.95. The molecule has 0 saturated carbocycles. The van der Waals surface area contributed by atoms with E-state index in [4.69, 9.17) is 9.47 Å². The number of aryl methyl sites for hydroxylation is 1. The molecule has 0 unspecified atom stereocenters. The molecule has 0 N–H and O–H groups in total. The Hall–Kier alpha value is -1.17. The zero-order valence-corrected chi connectivity index (χ0v) is 12.2. The van der Waals surface area contributed by atoms with E-state index in [1.807, 2.05) is 32.3 Å². The highest BCUT2D eigenvalue weighted by atomic mass is 32.1. The lowest BCUT2D eigenvalue weighted by molar-refractivity contribution is -0.140. The molecule has 0 bridgehead atoms. The van der Waals surface area contributed by atoms with Gasteiger partial charge in [0, 0.05) is 38.6 Å². The van der Waals surface area contributed by atoms with Gasteiger partial charge in [-0.15, -0.1) is 11.3 Å². The van der Waals surface area contributed by atoms with Gasteiger partial charge in [0.1, 0.15) is 5.82 Å². The molecule has 2 aromatic heterocycles. The Balaban J connectivity index is 1.98. The van der Waals surface area contributed by atoms with Crippen molar-refractivity contribution < 1.29 is 9.47 Å². The Morgan fingerprint density at radius 1 is 1.32 bits per heavy atom. The third kappa shape index (κ3) is 3.89. The van der Waals surface area contributed by atoms with Crippen molar-refractivity contribution in [3.63, 3.8) is 0 Å². The second-order valence-electron chi connectivity index (χ2n) is 4.05. The summed E-state index contributed by atoms with van der Waals surface area (Å²) in [7, 11) is 0. The van der Waals surface area contributed by atoms with Crippen molar-refractivity contribution in [2.45, 2.75) is 33.1 Å². The van der Waals surface area contributed by atoms with Crippen molar-refractivity contribution in [2.75, 3.05) is 13.2 Å². The Morgan fingerprint density at radius 2 is 2.11 bits per heavy atom. The van der Waals surface area contributed by atoms with Gasteiger partial charge in [-0.1, -0.05) is 6.07 Å². The van der Waals surface area contributed by atoms with E-state index in [-0.39, 0.29) is 6.29 Å². The summed E-state index contributed by atoms with van der Waals surface area (Å²) in [5, 5.41) is 2.07. The lowest BCUT2D eigenvalue weighted by atomic mass is 10.3. The number of imidazole rings is 1. The van der Waals surface area contributed by atoms with Crippen LogP contribution in [0.4, 0.5) is 0 Å². The number of ether oxygens (including phenoxy) is 2. The Kier molecular flexibility index (Phi) is 5.57. The van der Waals surface area contributed by atoms with Gasteiger partial charge in [0.05, 0.1) is 4.88 Å². The summed E-state index contributed by atoms with van der Waals surface area (Å²) in [6.07, 6.45) is 4.54. The summed E-state index contributed by atoms with van der Waals surface area (Å²) in [6, 6.07) is 4.13. The standard InChI is InChI=1S/C14H20N2O2S/c1-3-17-13(18-4-2)7-9-16-10-8-15-14(16)12-6-5-11-19-12/h5-6,8,10-11,13H,3-4,7,9H2,1-2H3. The van der Waals surface area contributed by atoms with Crippen LogP contribution in [0.15, 0.2) is 29.9 Å². The molecule has 0 aliphatic heterocycles. The van der Waals surface area contributed by atoms with Gasteiger partial charge in [-0.05, 0) is 25.3 Å². The average Bonchev–Trinajstić information content (AvgIpc) is 3.07. The molecule has 0 saturated heterocycles. The molecule has 0 aromatic carbocycles. The van der Waals surface area contributed by atoms with Gasteiger partial charge in [-0.3, -0.25) is 0 Å². The summed E-state index contributed by atoms with van der Waals surface area (Å²) < 4.78 is 13.3. The minimum atomic E-state index is -0.131. The maximum atomic E-state index is 5.56. The third-order valence-electron chi connectivity index (χ3n) is 2.77. The second kappa shape index (κ2) is 7.43. The van der Waals surface area contributed by atoms with Gasteiger partial charge >= 0.3 is 0 Å². The molecule has 0 amide bonds. The molecule has 0 aliphatic carbocycles. The second-order valence-corrected chi connectivity index (χ2v) is 5.00. The fraction of sp³-hybridized carbons (Fsp3) is 0.500. The van der Waals surface area contributed by atoms with Crippen LogP contribution in [0.2, 0.25) is 0 Å². The van der Waals surface area contributed by atoms with Crippen LogP contribution < -0.4 is 0 Å². The van der Waals surface area contributed by atoms with E-state index in [0.717, 1.165) is 18.8 Å². The van der Waals surface area contributed by atoms with E-state index in [9.17, 15) is 0 Å². The number of hydrogen-bond acceptors (Lipinski definition) is 4.